The first kappa shape index (κ1) is 19.8. The minimum atomic E-state index is -0.530. The summed E-state index contributed by atoms with van der Waals surface area (Å²) >= 11 is 5.98. The Kier molecular flexibility index (Phi) is 5.90. The van der Waals surface area contributed by atoms with E-state index in [2.05, 4.69) is 15.3 Å². The maximum absolute atomic E-state index is 14.3. The molecule has 0 saturated carbocycles. The molecule has 0 aliphatic heterocycles. The molecule has 7 heteroatoms. The van der Waals surface area contributed by atoms with Gasteiger partial charge < -0.3 is 10.3 Å². The first-order chi connectivity index (χ1) is 13.4. The molecular weight excluding hydrogens is 381 g/mol. The summed E-state index contributed by atoms with van der Waals surface area (Å²) in [6, 6.07) is 9.22. The van der Waals surface area contributed by atoms with E-state index in [0.717, 1.165) is 0 Å². The lowest BCUT2D eigenvalue weighted by Crippen LogP contribution is -2.14. The maximum Gasteiger partial charge on any atom is 0.256 e. The molecule has 5 nitrogen and oxygen atoms in total. The first-order valence-corrected chi connectivity index (χ1v) is 9.18. The van der Waals surface area contributed by atoms with E-state index < -0.39 is 11.4 Å². The zero-order valence-electron chi connectivity index (χ0n) is 15.5. The number of hydrogen-bond donors (Lipinski definition) is 2. The topological polar surface area (TPSA) is 74.8 Å². The van der Waals surface area contributed by atoms with E-state index in [1.165, 1.54) is 25.1 Å². The van der Waals surface area contributed by atoms with Crippen molar-refractivity contribution < 1.29 is 9.18 Å². The van der Waals surface area contributed by atoms with Gasteiger partial charge in [-0.15, -0.1) is 0 Å². The number of pyridine rings is 2. The Hall–Kier alpha value is -2.99. The molecule has 0 unspecified atom stereocenters. The van der Waals surface area contributed by atoms with Crippen molar-refractivity contribution in [3.05, 3.63) is 75.2 Å². The van der Waals surface area contributed by atoms with Crippen LogP contribution in [0, 0.1) is 5.82 Å². The molecule has 3 aromatic rings. The molecule has 0 bridgehead atoms. The van der Waals surface area contributed by atoms with Crippen molar-refractivity contribution in [2.24, 2.45) is 0 Å². The van der Waals surface area contributed by atoms with Gasteiger partial charge in [0.05, 0.1) is 11.3 Å². The largest absolute Gasteiger partial charge is 0.354 e. The van der Waals surface area contributed by atoms with Crippen LogP contribution in [0.1, 0.15) is 25.2 Å². The van der Waals surface area contributed by atoms with E-state index in [1.807, 2.05) is 6.92 Å². The fraction of sp³-hybridized carbons (Fsp3) is 0.190. The van der Waals surface area contributed by atoms with Gasteiger partial charge in [0.2, 0.25) is 0 Å². The fourth-order valence-electron chi connectivity index (χ4n) is 2.93. The molecule has 0 spiro atoms. The van der Waals surface area contributed by atoms with Gasteiger partial charge in [-0.1, -0.05) is 18.5 Å². The number of ketones is 1. The van der Waals surface area contributed by atoms with Crippen molar-refractivity contribution in [2.75, 3.05) is 5.32 Å². The zero-order chi connectivity index (χ0) is 20.3. The number of rotatable bonds is 6. The average molecular weight is 400 g/mol. The van der Waals surface area contributed by atoms with Crippen LogP contribution in [-0.2, 0) is 17.6 Å². The van der Waals surface area contributed by atoms with Crippen molar-refractivity contribution in [2.45, 2.75) is 26.7 Å². The highest BCUT2D eigenvalue weighted by Gasteiger charge is 2.14. The van der Waals surface area contributed by atoms with Crippen LogP contribution in [0.4, 0.5) is 15.8 Å². The van der Waals surface area contributed by atoms with Crippen LogP contribution in [0.2, 0.25) is 5.02 Å². The molecule has 0 aliphatic carbocycles. The summed E-state index contributed by atoms with van der Waals surface area (Å²) in [6.45, 7) is 3.41. The Morgan fingerprint density at radius 2 is 2.00 bits per heavy atom. The molecule has 2 aromatic heterocycles. The van der Waals surface area contributed by atoms with Crippen molar-refractivity contribution in [3.8, 4) is 11.1 Å². The third-order valence-corrected chi connectivity index (χ3v) is 4.46. The van der Waals surface area contributed by atoms with Gasteiger partial charge >= 0.3 is 0 Å². The van der Waals surface area contributed by atoms with E-state index in [4.69, 9.17) is 11.6 Å². The molecule has 0 fully saturated rings. The Morgan fingerprint density at radius 1 is 1.21 bits per heavy atom. The molecular formula is C21H19ClFN3O2. The number of nitrogens with one attached hydrogen (secondary N) is 2. The van der Waals surface area contributed by atoms with E-state index >= 15 is 0 Å². The van der Waals surface area contributed by atoms with Crippen molar-refractivity contribution >= 4 is 28.8 Å². The SMILES string of the molecule is CCc1[nH]c(=O)c(-c2cc(Cl)ccc2F)cc1Nc1ccnc(CC(C)=O)c1. The number of aryl methyl sites for hydroxylation is 1. The monoisotopic (exact) mass is 399 g/mol. The molecule has 0 amide bonds. The molecule has 0 radical (unpaired) electrons. The quantitative estimate of drug-likeness (QED) is 0.631. The summed E-state index contributed by atoms with van der Waals surface area (Å²) in [4.78, 5) is 30.8. The predicted molar refractivity (Wildman–Crippen MR) is 109 cm³/mol. The number of anilines is 2. The summed E-state index contributed by atoms with van der Waals surface area (Å²) in [7, 11) is 0. The predicted octanol–water partition coefficient (Wildman–Crippen LogP) is 4.67. The van der Waals surface area contributed by atoms with Crippen LogP contribution >= 0.6 is 11.6 Å². The Balaban J connectivity index is 2.05. The number of carbonyl (C=O) groups excluding carboxylic acids is 1. The van der Waals surface area contributed by atoms with Gasteiger partial charge in [-0.05, 0) is 49.7 Å². The number of aromatic amines is 1. The van der Waals surface area contributed by atoms with Crippen LogP contribution in [0.5, 0.6) is 0 Å². The zero-order valence-corrected chi connectivity index (χ0v) is 16.2. The number of aromatic nitrogens is 2. The third-order valence-electron chi connectivity index (χ3n) is 4.22. The second-order valence-corrected chi connectivity index (χ2v) is 6.86. The second kappa shape index (κ2) is 8.35. The summed E-state index contributed by atoms with van der Waals surface area (Å²) < 4.78 is 14.3. The van der Waals surface area contributed by atoms with E-state index in [1.54, 1.807) is 24.4 Å². The third kappa shape index (κ3) is 4.46. The average Bonchev–Trinajstić information content (AvgIpc) is 2.64. The van der Waals surface area contributed by atoms with Gasteiger partial charge in [0, 0.05) is 40.3 Å². The number of hydrogen-bond acceptors (Lipinski definition) is 4. The normalized spacial score (nSPS) is 10.7. The Morgan fingerprint density at radius 3 is 2.71 bits per heavy atom. The molecule has 0 saturated heterocycles. The molecule has 144 valence electrons. The van der Waals surface area contributed by atoms with Crippen LogP contribution in [-0.4, -0.2) is 15.8 Å². The van der Waals surface area contributed by atoms with Crippen LogP contribution in [0.15, 0.2) is 47.4 Å². The van der Waals surface area contributed by atoms with Gasteiger partial charge in [-0.3, -0.25) is 14.6 Å². The molecule has 2 heterocycles. The minimum Gasteiger partial charge on any atom is -0.354 e. The number of Topliss-reactive ketones (excluding diaryl/α,β-unsaturated/α-hetero) is 1. The molecule has 0 atom stereocenters. The van der Waals surface area contributed by atoms with Gasteiger partial charge in [-0.2, -0.15) is 0 Å². The Bertz CT molecular complexity index is 1100. The maximum atomic E-state index is 14.3. The van der Waals surface area contributed by atoms with Crippen LogP contribution < -0.4 is 10.9 Å². The van der Waals surface area contributed by atoms with Crippen LogP contribution in [0.3, 0.4) is 0 Å². The van der Waals surface area contributed by atoms with Crippen molar-refractivity contribution in [1.29, 1.82) is 0 Å². The molecule has 28 heavy (non-hydrogen) atoms. The molecule has 3 rings (SSSR count). The lowest BCUT2D eigenvalue weighted by Gasteiger charge is -2.14. The summed E-state index contributed by atoms with van der Waals surface area (Å²) in [5.41, 5.74) is 2.59. The van der Waals surface area contributed by atoms with Gasteiger partial charge in [0.25, 0.3) is 5.56 Å². The van der Waals surface area contributed by atoms with Crippen LogP contribution in [0.25, 0.3) is 11.1 Å². The standard InChI is InChI=1S/C21H19ClFN3O2/c1-3-19-20(25-14-6-7-24-15(10-14)8-12(2)27)11-17(21(28)26-19)16-9-13(22)4-5-18(16)23/h4-7,9-11H,3,8H2,1-2H3,(H,24,25)(H,26,28). The fourth-order valence-corrected chi connectivity index (χ4v) is 3.10. The summed E-state index contributed by atoms with van der Waals surface area (Å²) in [5, 5.41) is 3.57. The highest BCUT2D eigenvalue weighted by atomic mass is 35.5. The van der Waals surface area contributed by atoms with Gasteiger partial charge in [-0.25, -0.2) is 4.39 Å². The molecule has 0 aliphatic rings. The van der Waals surface area contributed by atoms with Gasteiger partial charge in [0.15, 0.2) is 0 Å². The minimum absolute atomic E-state index is 0.0154. The number of H-pyrrole nitrogens is 1. The van der Waals surface area contributed by atoms with Crippen molar-refractivity contribution in [1.82, 2.24) is 9.97 Å². The highest BCUT2D eigenvalue weighted by Crippen LogP contribution is 2.28. The highest BCUT2D eigenvalue weighted by molar-refractivity contribution is 6.30. The van der Waals surface area contributed by atoms with E-state index in [0.29, 0.717) is 34.2 Å². The molecule has 1 aromatic carbocycles. The number of benzene rings is 1. The number of nitrogens with zero attached hydrogens (tertiary/aromatic N) is 1. The lowest BCUT2D eigenvalue weighted by atomic mass is 10.0. The lowest BCUT2D eigenvalue weighted by molar-refractivity contribution is -0.116. The summed E-state index contributed by atoms with van der Waals surface area (Å²) in [6.07, 6.45) is 2.41. The summed E-state index contributed by atoms with van der Waals surface area (Å²) in [5.74, 6) is -0.514. The van der Waals surface area contributed by atoms with E-state index in [9.17, 15) is 14.0 Å². The number of halogens is 2. The molecule has 2 N–H and O–H groups in total. The van der Waals surface area contributed by atoms with E-state index in [-0.39, 0.29) is 23.3 Å². The number of carbonyl (C=O) groups is 1. The van der Waals surface area contributed by atoms with Crippen molar-refractivity contribution in [3.63, 3.8) is 0 Å². The second-order valence-electron chi connectivity index (χ2n) is 6.42. The first-order valence-electron chi connectivity index (χ1n) is 8.80. The Labute approximate surface area is 166 Å². The van der Waals surface area contributed by atoms with Gasteiger partial charge in [0.1, 0.15) is 11.6 Å². The smallest absolute Gasteiger partial charge is 0.256 e.